The third-order valence-electron chi connectivity index (χ3n) is 7.25. The van der Waals surface area contributed by atoms with Crippen molar-refractivity contribution in [3.8, 4) is 0 Å². The van der Waals surface area contributed by atoms with Crippen LogP contribution in [0.15, 0.2) is 35.3 Å². The number of H-pyrrole nitrogens is 1. The average molecular weight is 596 g/mol. The van der Waals surface area contributed by atoms with Gasteiger partial charge in [-0.3, -0.25) is 19.4 Å². The molecule has 0 fully saturated rings. The molecule has 0 saturated heterocycles. The normalized spacial score (nSPS) is 12.2. The number of amides is 2. The first kappa shape index (κ1) is 33.2. The molecule has 2 amide bonds. The minimum atomic E-state index is -1.10. The molecule has 43 heavy (non-hydrogen) atoms. The Morgan fingerprint density at radius 1 is 1.12 bits per heavy atom. The van der Waals surface area contributed by atoms with Gasteiger partial charge in [-0.1, -0.05) is 26.0 Å². The van der Waals surface area contributed by atoms with Crippen LogP contribution in [0.3, 0.4) is 0 Å². The van der Waals surface area contributed by atoms with Crippen LogP contribution in [0.1, 0.15) is 54.8 Å². The van der Waals surface area contributed by atoms with Crippen molar-refractivity contribution in [3.63, 3.8) is 0 Å². The Labute approximate surface area is 251 Å². The number of hydrogen-bond acceptors (Lipinski definition) is 6. The molecule has 0 saturated carbocycles. The van der Waals surface area contributed by atoms with Crippen LogP contribution in [-0.4, -0.2) is 76.4 Å². The van der Waals surface area contributed by atoms with E-state index >= 15 is 0 Å². The van der Waals surface area contributed by atoms with Crippen LogP contribution in [0, 0.1) is 25.6 Å². The van der Waals surface area contributed by atoms with Gasteiger partial charge >= 0.3 is 6.09 Å². The van der Waals surface area contributed by atoms with Crippen LogP contribution >= 0.6 is 0 Å². The van der Waals surface area contributed by atoms with Gasteiger partial charge in [-0.2, -0.15) is 0 Å². The van der Waals surface area contributed by atoms with Crippen LogP contribution in [-0.2, 0) is 33.7 Å². The van der Waals surface area contributed by atoms with Crippen molar-refractivity contribution in [1.82, 2.24) is 24.3 Å². The highest BCUT2D eigenvalue weighted by Gasteiger charge is 2.25. The highest BCUT2D eigenvalue weighted by atomic mass is 19.1. The summed E-state index contributed by atoms with van der Waals surface area (Å²) in [4.78, 5) is 61.4. The lowest BCUT2D eigenvalue weighted by Crippen LogP contribution is -2.35. The van der Waals surface area contributed by atoms with Crippen molar-refractivity contribution in [2.45, 2.75) is 66.0 Å². The predicted molar refractivity (Wildman–Crippen MR) is 164 cm³/mol. The first-order valence-electron chi connectivity index (χ1n) is 14.3. The Kier molecular flexibility index (Phi) is 11.0. The van der Waals surface area contributed by atoms with E-state index in [1.165, 1.54) is 36.2 Å². The standard InChI is InChI=1S/C32H42FN5O5/c1-19(2)15-23-24(33)17-34-29-21(4)25(35-30(23)29)18-38-20(3)13-14-22(31(38)41)16-26(39)27(43-32(42)37(7)8)11-9-10-12-28(40)36(5)6/h10,12-14,17,19,27,35H,9,11,15-16,18H2,1-8H3/b12-10+/t27-/m0/s1. The molecule has 0 aliphatic rings. The van der Waals surface area contributed by atoms with E-state index in [0.29, 0.717) is 35.1 Å². The minimum absolute atomic E-state index is 0.159. The second-order valence-corrected chi connectivity index (χ2v) is 11.6. The monoisotopic (exact) mass is 595 g/mol. The van der Waals surface area contributed by atoms with Gasteiger partial charge in [0.25, 0.3) is 5.56 Å². The largest absolute Gasteiger partial charge is 0.438 e. The van der Waals surface area contributed by atoms with Gasteiger partial charge in [0, 0.05) is 57.1 Å². The number of allylic oxidation sites excluding steroid dienone is 1. The van der Waals surface area contributed by atoms with Gasteiger partial charge in [-0.25, -0.2) is 9.18 Å². The second kappa shape index (κ2) is 14.3. The molecule has 0 radical (unpaired) electrons. The Hall–Kier alpha value is -4.28. The number of aromatic nitrogens is 3. The number of aryl methyl sites for hydroxylation is 2. The highest BCUT2D eigenvalue weighted by Crippen LogP contribution is 2.27. The van der Waals surface area contributed by atoms with Gasteiger partial charge < -0.3 is 24.1 Å². The van der Waals surface area contributed by atoms with Crippen LogP contribution < -0.4 is 5.56 Å². The maximum absolute atomic E-state index is 14.7. The summed E-state index contributed by atoms with van der Waals surface area (Å²) in [5.41, 5.74) is 4.01. The molecule has 11 heteroatoms. The maximum atomic E-state index is 14.7. The summed E-state index contributed by atoms with van der Waals surface area (Å²) in [6.45, 7) is 7.91. The number of pyridine rings is 2. The Bertz CT molecular complexity index is 1580. The van der Waals surface area contributed by atoms with Gasteiger partial charge in [0.05, 0.1) is 23.8 Å². The number of fused-ring (bicyclic) bond motifs is 1. The third-order valence-corrected chi connectivity index (χ3v) is 7.25. The first-order valence-corrected chi connectivity index (χ1v) is 14.3. The number of hydrogen-bond donors (Lipinski definition) is 1. The van der Waals surface area contributed by atoms with Gasteiger partial charge in [0.1, 0.15) is 5.82 Å². The fourth-order valence-corrected chi connectivity index (χ4v) is 4.70. The fourth-order valence-electron chi connectivity index (χ4n) is 4.70. The van der Waals surface area contributed by atoms with Gasteiger partial charge in [-0.15, -0.1) is 0 Å². The molecule has 0 bridgehead atoms. The Morgan fingerprint density at radius 2 is 1.81 bits per heavy atom. The number of aromatic amines is 1. The van der Waals surface area contributed by atoms with Crippen LogP contribution in [0.25, 0.3) is 11.0 Å². The molecule has 0 aromatic carbocycles. The number of nitrogens with zero attached hydrogens (tertiary/aromatic N) is 4. The third kappa shape index (κ3) is 8.18. The zero-order chi connectivity index (χ0) is 32.0. The van der Waals surface area contributed by atoms with Crippen molar-refractivity contribution in [1.29, 1.82) is 0 Å². The predicted octanol–water partition coefficient (Wildman–Crippen LogP) is 4.33. The molecule has 3 rings (SSSR count). The molecule has 1 N–H and O–H groups in total. The molecule has 10 nitrogen and oxygen atoms in total. The van der Waals surface area contributed by atoms with Crippen molar-refractivity contribution >= 4 is 28.8 Å². The zero-order valence-corrected chi connectivity index (χ0v) is 26.3. The smallest absolute Gasteiger partial charge is 0.409 e. The molecule has 3 aromatic rings. The molecule has 0 aliphatic heterocycles. The minimum Gasteiger partial charge on any atom is -0.438 e. The van der Waals surface area contributed by atoms with E-state index in [2.05, 4.69) is 9.97 Å². The van der Waals surface area contributed by atoms with Crippen molar-refractivity contribution < 1.29 is 23.5 Å². The maximum Gasteiger partial charge on any atom is 0.409 e. The second-order valence-electron chi connectivity index (χ2n) is 11.6. The van der Waals surface area contributed by atoms with Crippen molar-refractivity contribution in [2.75, 3.05) is 28.2 Å². The summed E-state index contributed by atoms with van der Waals surface area (Å²) in [5, 5.41) is 0. The summed E-state index contributed by atoms with van der Waals surface area (Å²) in [7, 11) is 6.29. The van der Waals surface area contributed by atoms with E-state index in [1.807, 2.05) is 20.8 Å². The van der Waals surface area contributed by atoms with Gasteiger partial charge in [0.2, 0.25) is 5.91 Å². The summed E-state index contributed by atoms with van der Waals surface area (Å²) in [5.74, 6) is -0.749. The van der Waals surface area contributed by atoms with Gasteiger partial charge in [0.15, 0.2) is 11.9 Å². The summed E-state index contributed by atoms with van der Waals surface area (Å²) < 4.78 is 21.7. The fraction of sp³-hybridized carbons (Fsp3) is 0.469. The van der Waals surface area contributed by atoms with Crippen molar-refractivity contribution in [3.05, 3.63) is 74.7 Å². The topological polar surface area (TPSA) is 118 Å². The van der Waals surface area contributed by atoms with E-state index in [0.717, 1.165) is 11.3 Å². The molecular formula is C32H42FN5O5. The molecule has 0 aliphatic carbocycles. The number of Topliss-reactive ketones (excluding diaryl/α,β-unsaturated/α-hetero) is 1. The van der Waals surface area contributed by atoms with Crippen LogP contribution in [0.2, 0.25) is 0 Å². The zero-order valence-electron chi connectivity index (χ0n) is 26.3. The van der Waals surface area contributed by atoms with Gasteiger partial charge in [-0.05, 0) is 56.7 Å². The first-order chi connectivity index (χ1) is 20.2. The number of nitrogens with one attached hydrogen (secondary N) is 1. The molecule has 0 unspecified atom stereocenters. The molecular weight excluding hydrogens is 553 g/mol. The summed E-state index contributed by atoms with van der Waals surface area (Å²) in [6, 6.07) is 3.38. The quantitative estimate of drug-likeness (QED) is 0.312. The molecule has 3 heterocycles. The number of likely N-dealkylation sites (N-methyl/N-ethyl adjacent to an activating group) is 1. The average Bonchev–Trinajstić information content (AvgIpc) is 3.25. The molecule has 3 aromatic heterocycles. The number of halogens is 1. The van der Waals surface area contributed by atoms with E-state index in [4.69, 9.17) is 4.74 Å². The van der Waals surface area contributed by atoms with E-state index in [-0.39, 0.29) is 48.2 Å². The lowest BCUT2D eigenvalue weighted by atomic mass is 10.0. The highest BCUT2D eigenvalue weighted by molar-refractivity contribution is 5.88. The van der Waals surface area contributed by atoms with E-state index in [9.17, 15) is 23.6 Å². The van der Waals surface area contributed by atoms with Crippen LogP contribution in [0.4, 0.5) is 9.18 Å². The Morgan fingerprint density at radius 3 is 2.44 bits per heavy atom. The Balaban J connectivity index is 1.88. The molecule has 232 valence electrons. The number of carbonyl (C=O) groups is 3. The van der Waals surface area contributed by atoms with Crippen LogP contribution in [0.5, 0.6) is 0 Å². The SMILES string of the molecule is Cc1c(Cn2c(C)ccc(CC(=O)[C@H](CC/C=C/C(=O)N(C)C)OC(=O)N(C)C)c2=O)[nH]c2c(CC(C)C)c(F)cnc12. The molecule has 1 atom stereocenters. The number of ether oxygens (including phenoxy) is 1. The lowest BCUT2D eigenvalue weighted by Gasteiger charge is -2.19. The lowest BCUT2D eigenvalue weighted by molar-refractivity contribution is -0.127. The number of carbonyl (C=O) groups excluding carboxylic acids is 3. The summed E-state index contributed by atoms with van der Waals surface area (Å²) >= 11 is 0. The van der Waals surface area contributed by atoms with E-state index in [1.54, 1.807) is 43.8 Å². The van der Waals surface area contributed by atoms with E-state index < -0.39 is 18.0 Å². The molecule has 0 spiro atoms. The summed E-state index contributed by atoms with van der Waals surface area (Å²) in [6.07, 6.45) is 3.28. The number of rotatable bonds is 12. The number of ketones is 1. The van der Waals surface area contributed by atoms with Crippen molar-refractivity contribution in [2.24, 2.45) is 5.92 Å².